The van der Waals surface area contributed by atoms with E-state index >= 15 is 0 Å². The number of ether oxygens (including phenoxy) is 1. The van der Waals surface area contributed by atoms with Crippen LogP contribution >= 0.6 is 0 Å². The van der Waals surface area contributed by atoms with Crippen molar-refractivity contribution in [3.63, 3.8) is 0 Å². The lowest BCUT2D eigenvalue weighted by Gasteiger charge is -2.36. The zero-order valence-electron chi connectivity index (χ0n) is 9.37. The van der Waals surface area contributed by atoms with Crippen LogP contribution in [0.15, 0.2) is 0 Å². The van der Waals surface area contributed by atoms with Crippen molar-refractivity contribution >= 4 is 9.84 Å². The molecule has 4 nitrogen and oxygen atoms in total. The molecule has 1 aliphatic carbocycles. The van der Waals surface area contributed by atoms with Crippen molar-refractivity contribution in [3.8, 4) is 0 Å². The minimum Gasteiger partial charge on any atom is -0.373 e. The smallest absolute Gasteiger partial charge is 0.149 e. The number of nitrogens with two attached hydrogens (primary N) is 1. The highest BCUT2D eigenvalue weighted by Gasteiger charge is 2.31. The summed E-state index contributed by atoms with van der Waals surface area (Å²) in [6, 6.07) is 0. The van der Waals surface area contributed by atoms with Gasteiger partial charge in [0.25, 0.3) is 0 Å². The molecule has 15 heavy (non-hydrogen) atoms. The van der Waals surface area contributed by atoms with Gasteiger partial charge in [-0.3, -0.25) is 0 Å². The molecule has 1 aliphatic rings. The van der Waals surface area contributed by atoms with Gasteiger partial charge >= 0.3 is 0 Å². The standard InChI is InChI=1S/C10H21NO3S/c1-15(12,13)8-7-14-10(9-11)5-3-2-4-6-10/h2-9,11H2,1H3. The van der Waals surface area contributed by atoms with Gasteiger partial charge in [0.15, 0.2) is 0 Å². The van der Waals surface area contributed by atoms with Crippen LogP contribution in [0.2, 0.25) is 0 Å². The van der Waals surface area contributed by atoms with Crippen molar-refractivity contribution in [3.05, 3.63) is 0 Å². The Balaban J connectivity index is 2.39. The molecule has 0 aromatic rings. The van der Waals surface area contributed by atoms with Crippen LogP contribution in [0.4, 0.5) is 0 Å². The van der Waals surface area contributed by atoms with Gasteiger partial charge in [0.1, 0.15) is 9.84 Å². The van der Waals surface area contributed by atoms with Gasteiger partial charge in [-0.25, -0.2) is 8.42 Å². The molecule has 1 rings (SSSR count). The van der Waals surface area contributed by atoms with E-state index < -0.39 is 9.84 Å². The van der Waals surface area contributed by atoms with E-state index in [0.717, 1.165) is 25.7 Å². The molecule has 0 atom stereocenters. The Morgan fingerprint density at radius 3 is 2.33 bits per heavy atom. The Labute approximate surface area is 92.1 Å². The summed E-state index contributed by atoms with van der Waals surface area (Å²) in [6.07, 6.45) is 6.66. The molecule has 0 aromatic heterocycles. The summed E-state index contributed by atoms with van der Waals surface area (Å²) in [5, 5.41) is 0. The Morgan fingerprint density at radius 2 is 1.87 bits per heavy atom. The van der Waals surface area contributed by atoms with Gasteiger partial charge in [-0.15, -0.1) is 0 Å². The van der Waals surface area contributed by atoms with Gasteiger partial charge in [0.05, 0.1) is 18.0 Å². The highest BCUT2D eigenvalue weighted by molar-refractivity contribution is 7.90. The van der Waals surface area contributed by atoms with Crippen molar-refractivity contribution in [2.75, 3.05) is 25.2 Å². The normalized spacial score (nSPS) is 21.5. The molecule has 5 heteroatoms. The Morgan fingerprint density at radius 1 is 1.27 bits per heavy atom. The molecule has 1 saturated carbocycles. The van der Waals surface area contributed by atoms with Gasteiger partial charge in [-0.05, 0) is 12.8 Å². The summed E-state index contributed by atoms with van der Waals surface area (Å²) < 4.78 is 27.6. The molecule has 0 radical (unpaired) electrons. The molecular formula is C10H21NO3S. The largest absolute Gasteiger partial charge is 0.373 e. The van der Waals surface area contributed by atoms with E-state index in [2.05, 4.69) is 0 Å². The third kappa shape index (κ3) is 4.49. The summed E-state index contributed by atoms with van der Waals surface area (Å²) in [5.41, 5.74) is 5.47. The van der Waals surface area contributed by atoms with Gasteiger partial charge in [-0.1, -0.05) is 19.3 Å². The van der Waals surface area contributed by atoms with E-state index in [-0.39, 0.29) is 18.0 Å². The van der Waals surface area contributed by atoms with Crippen LogP contribution in [0.1, 0.15) is 32.1 Å². The molecule has 0 bridgehead atoms. The van der Waals surface area contributed by atoms with Crippen LogP contribution in [-0.4, -0.2) is 39.2 Å². The van der Waals surface area contributed by atoms with E-state index in [1.807, 2.05) is 0 Å². The lowest BCUT2D eigenvalue weighted by Crippen LogP contribution is -2.43. The second-order valence-electron chi connectivity index (χ2n) is 4.43. The van der Waals surface area contributed by atoms with Crippen molar-refractivity contribution in [1.29, 1.82) is 0 Å². The predicted molar refractivity (Wildman–Crippen MR) is 60.5 cm³/mol. The number of hydrogen-bond donors (Lipinski definition) is 1. The van der Waals surface area contributed by atoms with Gasteiger partial charge in [0.2, 0.25) is 0 Å². The van der Waals surface area contributed by atoms with Crippen LogP contribution in [0.3, 0.4) is 0 Å². The molecular weight excluding hydrogens is 214 g/mol. The van der Waals surface area contributed by atoms with Crippen molar-refractivity contribution in [2.45, 2.75) is 37.7 Å². The molecule has 0 spiro atoms. The maximum atomic E-state index is 11.0. The molecule has 2 N–H and O–H groups in total. The van der Waals surface area contributed by atoms with Gasteiger partial charge < -0.3 is 10.5 Å². The minimum absolute atomic E-state index is 0.0920. The third-order valence-corrected chi connectivity index (χ3v) is 3.91. The highest BCUT2D eigenvalue weighted by atomic mass is 32.2. The fourth-order valence-corrected chi connectivity index (χ4v) is 2.40. The van der Waals surface area contributed by atoms with Crippen LogP contribution in [0, 0.1) is 0 Å². The average Bonchev–Trinajstić information content (AvgIpc) is 2.17. The minimum atomic E-state index is -2.93. The van der Waals surface area contributed by atoms with Crippen LogP contribution < -0.4 is 5.73 Å². The fraction of sp³-hybridized carbons (Fsp3) is 1.00. The van der Waals surface area contributed by atoms with E-state index in [1.165, 1.54) is 12.7 Å². The van der Waals surface area contributed by atoms with E-state index in [9.17, 15) is 8.42 Å². The Hall–Kier alpha value is -0.130. The predicted octanol–water partition coefficient (Wildman–Crippen LogP) is 0.709. The zero-order chi connectivity index (χ0) is 11.4. The lowest BCUT2D eigenvalue weighted by molar-refractivity contribution is -0.0563. The van der Waals surface area contributed by atoms with Crippen molar-refractivity contribution in [1.82, 2.24) is 0 Å². The molecule has 0 aliphatic heterocycles. The van der Waals surface area contributed by atoms with Crippen LogP contribution in [0.25, 0.3) is 0 Å². The summed E-state index contributed by atoms with van der Waals surface area (Å²) in [6.45, 7) is 0.771. The molecule has 0 unspecified atom stereocenters. The summed E-state index contributed by atoms with van der Waals surface area (Å²) >= 11 is 0. The summed E-state index contributed by atoms with van der Waals surface area (Å²) in [5.74, 6) is 0.0920. The third-order valence-electron chi connectivity index (χ3n) is 3.00. The van der Waals surface area contributed by atoms with Crippen LogP contribution in [-0.2, 0) is 14.6 Å². The molecule has 1 fully saturated rings. The van der Waals surface area contributed by atoms with Crippen molar-refractivity contribution < 1.29 is 13.2 Å². The fourth-order valence-electron chi connectivity index (χ4n) is 2.01. The molecule has 90 valence electrons. The van der Waals surface area contributed by atoms with E-state index in [1.54, 1.807) is 0 Å². The molecule has 0 saturated heterocycles. The first kappa shape index (κ1) is 12.9. The van der Waals surface area contributed by atoms with Gasteiger partial charge in [-0.2, -0.15) is 0 Å². The van der Waals surface area contributed by atoms with Gasteiger partial charge in [0, 0.05) is 12.8 Å². The number of hydrogen-bond acceptors (Lipinski definition) is 4. The summed E-state index contributed by atoms with van der Waals surface area (Å²) in [4.78, 5) is 0. The summed E-state index contributed by atoms with van der Waals surface area (Å²) in [7, 11) is -2.93. The molecule has 0 heterocycles. The first-order valence-electron chi connectivity index (χ1n) is 5.49. The molecule has 0 amide bonds. The quantitative estimate of drug-likeness (QED) is 0.762. The number of rotatable bonds is 5. The Kier molecular flexibility index (Phi) is 4.55. The number of sulfone groups is 1. The van der Waals surface area contributed by atoms with Crippen LogP contribution in [0.5, 0.6) is 0 Å². The topological polar surface area (TPSA) is 69.4 Å². The monoisotopic (exact) mass is 235 g/mol. The zero-order valence-corrected chi connectivity index (χ0v) is 10.2. The first-order valence-corrected chi connectivity index (χ1v) is 7.55. The second kappa shape index (κ2) is 5.27. The molecule has 0 aromatic carbocycles. The Bertz CT molecular complexity index is 281. The lowest BCUT2D eigenvalue weighted by atomic mass is 9.85. The SMILES string of the molecule is CS(=O)(=O)CCOC1(CN)CCCCC1. The highest BCUT2D eigenvalue weighted by Crippen LogP contribution is 2.30. The van der Waals surface area contributed by atoms with Crippen molar-refractivity contribution in [2.24, 2.45) is 5.73 Å². The average molecular weight is 235 g/mol. The van der Waals surface area contributed by atoms with E-state index in [0.29, 0.717) is 6.54 Å². The maximum Gasteiger partial charge on any atom is 0.149 e. The maximum absolute atomic E-state index is 11.0. The van der Waals surface area contributed by atoms with E-state index in [4.69, 9.17) is 10.5 Å². The first-order chi connectivity index (χ1) is 6.97. The second-order valence-corrected chi connectivity index (χ2v) is 6.69.